The summed E-state index contributed by atoms with van der Waals surface area (Å²) in [6.45, 7) is 0.242. The lowest BCUT2D eigenvalue weighted by Gasteiger charge is -2.14. The number of aliphatic hydroxyl groups is 1. The van der Waals surface area contributed by atoms with Crippen LogP contribution in [0.15, 0.2) is 24.3 Å². The van der Waals surface area contributed by atoms with E-state index in [1.54, 1.807) is 0 Å². The van der Waals surface area contributed by atoms with Gasteiger partial charge in [-0.25, -0.2) is 0 Å². The molecule has 0 aliphatic carbocycles. The number of thioether (sulfide) groups is 1. The van der Waals surface area contributed by atoms with Gasteiger partial charge in [-0.2, -0.15) is 11.8 Å². The maximum atomic E-state index is 9.25. The summed E-state index contributed by atoms with van der Waals surface area (Å²) in [5, 5.41) is 10.1. The minimum atomic E-state index is 0.242. The minimum absolute atomic E-state index is 0.242. The van der Waals surface area contributed by atoms with Crippen LogP contribution in [0.4, 0.5) is 0 Å². The number of halogens is 1. The summed E-state index contributed by atoms with van der Waals surface area (Å²) in [4.78, 5) is 0. The van der Waals surface area contributed by atoms with Crippen molar-refractivity contribution < 1.29 is 5.11 Å². The van der Waals surface area contributed by atoms with Crippen molar-refractivity contribution in [3.63, 3.8) is 0 Å². The second-order valence-electron chi connectivity index (χ2n) is 3.63. The van der Waals surface area contributed by atoms with Crippen LogP contribution in [-0.2, 0) is 6.42 Å². The van der Waals surface area contributed by atoms with Gasteiger partial charge in [-0.1, -0.05) is 29.8 Å². The van der Waals surface area contributed by atoms with Crippen molar-refractivity contribution in [1.29, 1.82) is 0 Å². The molecule has 1 rings (SSSR count). The Labute approximate surface area is 101 Å². The molecule has 0 radical (unpaired) electrons. The number of rotatable bonds is 6. The first-order valence-electron chi connectivity index (χ1n) is 5.11. The van der Waals surface area contributed by atoms with Crippen LogP contribution in [0.3, 0.4) is 0 Å². The van der Waals surface area contributed by atoms with Gasteiger partial charge in [0.15, 0.2) is 0 Å². The fraction of sp³-hybridized carbons (Fsp3) is 0.500. The zero-order chi connectivity index (χ0) is 11.1. The quantitative estimate of drug-likeness (QED) is 0.829. The number of benzene rings is 1. The summed E-state index contributed by atoms with van der Waals surface area (Å²) in [5.41, 5.74) is 1.14. The van der Waals surface area contributed by atoms with E-state index >= 15 is 0 Å². The number of hydrogen-bond acceptors (Lipinski definition) is 2. The molecule has 1 N–H and O–H groups in total. The lowest BCUT2D eigenvalue weighted by atomic mass is 9.98. The van der Waals surface area contributed by atoms with Gasteiger partial charge in [0, 0.05) is 11.6 Å². The van der Waals surface area contributed by atoms with E-state index in [1.165, 1.54) is 0 Å². The van der Waals surface area contributed by atoms with Gasteiger partial charge in [0.05, 0.1) is 0 Å². The zero-order valence-corrected chi connectivity index (χ0v) is 10.5. The van der Waals surface area contributed by atoms with Crippen molar-refractivity contribution in [2.45, 2.75) is 12.8 Å². The molecule has 0 fully saturated rings. The molecule has 0 heterocycles. The Hall–Kier alpha value is -0.180. The Bertz CT molecular complexity index is 291. The van der Waals surface area contributed by atoms with Crippen molar-refractivity contribution in [3.05, 3.63) is 34.9 Å². The zero-order valence-electron chi connectivity index (χ0n) is 8.95. The second kappa shape index (κ2) is 7.15. The molecule has 1 aromatic carbocycles. The highest BCUT2D eigenvalue weighted by molar-refractivity contribution is 7.98. The standard InChI is InChI=1S/C12H17ClOS/c1-15-7-6-10(9-14)8-11-4-2-3-5-12(11)13/h2-5,10,14H,6-9H2,1H3. The third-order valence-corrected chi connectivity index (χ3v) is 3.47. The normalized spacial score (nSPS) is 12.7. The summed E-state index contributed by atoms with van der Waals surface area (Å²) in [6, 6.07) is 7.86. The third kappa shape index (κ3) is 4.45. The van der Waals surface area contributed by atoms with Crippen molar-refractivity contribution in [2.24, 2.45) is 5.92 Å². The van der Waals surface area contributed by atoms with Crippen molar-refractivity contribution in [3.8, 4) is 0 Å². The molecular formula is C12H17ClOS. The second-order valence-corrected chi connectivity index (χ2v) is 5.02. The van der Waals surface area contributed by atoms with E-state index in [2.05, 4.69) is 6.26 Å². The van der Waals surface area contributed by atoms with Crippen molar-refractivity contribution in [2.75, 3.05) is 18.6 Å². The minimum Gasteiger partial charge on any atom is -0.396 e. The molecule has 0 bridgehead atoms. The molecule has 1 nitrogen and oxygen atoms in total. The van der Waals surface area contributed by atoms with Crippen LogP contribution >= 0.6 is 23.4 Å². The van der Waals surface area contributed by atoms with Gasteiger partial charge in [0.2, 0.25) is 0 Å². The van der Waals surface area contributed by atoms with E-state index in [1.807, 2.05) is 36.0 Å². The van der Waals surface area contributed by atoms with E-state index in [4.69, 9.17) is 11.6 Å². The van der Waals surface area contributed by atoms with Crippen LogP contribution in [0, 0.1) is 5.92 Å². The third-order valence-electron chi connectivity index (χ3n) is 2.45. The highest BCUT2D eigenvalue weighted by atomic mass is 35.5. The predicted octanol–water partition coefficient (Wildman–Crippen LogP) is 3.24. The SMILES string of the molecule is CSCCC(CO)Cc1ccccc1Cl. The van der Waals surface area contributed by atoms with Crippen LogP contribution in [0.25, 0.3) is 0 Å². The van der Waals surface area contributed by atoms with Crippen LogP contribution in [0.2, 0.25) is 5.02 Å². The van der Waals surface area contributed by atoms with E-state index < -0.39 is 0 Å². The van der Waals surface area contributed by atoms with Gasteiger partial charge in [0.25, 0.3) is 0 Å². The first-order valence-corrected chi connectivity index (χ1v) is 6.88. The molecule has 0 amide bonds. The maximum Gasteiger partial charge on any atom is 0.0462 e. The Morgan fingerprint density at radius 3 is 2.73 bits per heavy atom. The van der Waals surface area contributed by atoms with Gasteiger partial charge in [-0.15, -0.1) is 0 Å². The molecule has 1 aromatic rings. The summed E-state index contributed by atoms with van der Waals surface area (Å²) >= 11 is 7.89. The smallest absolute Gasteiger partial charge is 0.0462 e. The Morgan fingerprint density at radius 2 is 2.13 bits per heavy atom. The van der Waals surface area contributed by atoms with Gasteiger partial charge < -0.3 is 5.11 Å². The average Bonchev–Trinajstić information content (AvgIpc) is 2.26. The summed E-state index contributed by atoms with van der Waals surface area (Å²) in [6.07, 6.45) is 4.00. The molecule has 0 aliphatic heterocycles. The molecule has 15 heavy (non-hydrogen) atoms. The lowest BCUT2D eigenvalue weighted by molar-refractivity contribution is 0.223. The molecule has 0 saturated carbocycles. The molecule has 0 spiro atoms. The molecule has 0 saturated heterocycles. The molecule has 1 unspecified atom stereocenters. The van der Waals surface area contributed by atoms with Gasteiger partial charge >= 0.3 is 0 Å². The Kier molecular flexibility index (Phi) is 6.15. The first-order chi connectivity index (χ1) is 7.27. The fourth-order valence-corrected chi connectivity index (χ4v) is 2.30. The largest absolute Gasteiger partial charge is 0.396 e. The van der Waals surface area contributed by atoms with Crippen LogP contribution < -0.4 is 0 Å². The molecule has 1 atom stereocenters. The van der Waals surface area contributed by atoms with E-state index in [0.29, 0.717) is 5.92 Å². The van der Waals surface area contributed by atoms with Crippen molar-refractivity contribution >= 4 is 23.4 Å². The first kappa shape index (κ1) is 12.9. The maximum absolute atomic E-state index is 9.25. The van der Waals surface area contributed by atoms with E-state index in [-0.39, 0.29) is 6.61 Å². The van der Waals surface area contributed by atoms with E-state index in [9.17, 15) is 5.11 Å². The Morgan fingerprint density at radius 1 is 1.40 bits per heavy atom. The summed E-state index contributed by atoms with van der Waals surface area (Å²) in [5.74, 6) is 1.42. The highest BCUT2D eigenvalue weighted by Gasteiger charge is 2.09. The average molecular weight is 245 g/mol. The van der Waals surface area contributed by atoms with Gasteiger partial charge in [0.1, 0.15) is 0 Å². The monoisotopic (exact) mass is 244 g/mol. The molecular weight excluding hydrogens is 228 g/mol. The Balaban J connectivity index is 2.54. The topological polar surface area (TPSA) is 20.2 Å². The molecule has 84 valence electrons. The number of hydrogen-bond donors (Lipinski definition) is 1. The van der Waals surface area contributed by atoms with Crippen molar-refractivity contribution in [1.82, 2.24) is 0 Å². The fourth-order valence-electron chi connectivity index (χ4n) is 1.52. The molecule has 3 heteroatoms. The van der Waals surface area contributed by atoms with Gasteiger partial charge in [-0.3, -0.25) is 0 Å². The number of aliphatic hydroxyl groups excluding tert-OH is 1. The van der Waals surface area contributed by atoms with Crippen LogP contribution in [-0.4, -0.2) is 23.7 Å². The van der Waals surface area contributed by atoms with E-state index in [0.717, 1.165) is 29.2 Å². The van der Waals surface area contributed by atoms with Crippen LogP contribution in [0.5, 0.6) is 0 Å². The summed E-state index contributed by atoms with van der Waals surface area (Å²) < 4.78 is 0. The molecule has 0 aromatic heterocycles. The highest BCUT2D eigenvalue weighted by Crippen LogP contribution is 2.20. The van der Waals surface area contributed by atoms with Gasteiger partial charge in [-0.05, 0) is 42.4 Å². The van der Waals surface area contributed by atoms with Crippen LogP contribution in [0.1, 0.15) is 12.0 Å². The summed E-state index contributed by atoms with van der Waals surface area (Å²) in [7, 11) is 0. The predicted molar refractivity (Wildman–Crippen MR) is 68.7 cm³/mol. The molecule has 0 aliphatic rings. The lowest BCUT2D eigenvalue weighted by Crippen LogP contribution is -2.11.